The summed E-state index contributed by atoms with van der Waals surface area (Å²) in [6, 6.07) is 18.1. The zero-order valence-corrected chi connectivity index (χ0v) is 24.4. The van der Waals surface area contributed by atoms with Crippen molar-refractivity contribution in [2.75, 3.05) is 0 Å². The highest BCUT2D eigenvalue weighted by Gasteiger charge is 2.30. The first-order valence-electron chi connectivity index (χ1n) is 13.9. The van der Waals surface area contributed by atoms with Gasteiger partial charge in [-0.3, -0.25) is 4.98 Å². The number of ether oxygens (including phenoxy) is 1. The van der Waals surface area contributed by atoms with Crippen molar-refractivity contribution in [3.8, 4) is 22.8 Å². The summed E-state index contributed by atoms with van der Waals surface area (Å²) in [7, 11) is 4.38. The van der Waals surface area contributed by atoms with E-state index in [2.05, 4.69) is 113 Å². The van der Waals surface area contributed by atoms with Crippen LogP contribution in [-0.2, 0) is 12.8 Å². The molecule has 0 saturated heterocycles. The normalized spacial score (nSPS) is 13.2. The number of benzene rings is 4. The molecule has 0 spiro atoms. The molecule has 2 heterocycles. The number of nitrogens with zero attached hydrogens (tertiary/aromatic N) is 1. The second-order valence-electron chi connectivity index (χ2n) is 13.8. The van der Waals surface area contributed by atoms with Gasteiger partial charge in [0.15, 0.2) is 7.85 Å². The van der Waals surface area contributed by atoms with Crippen LogP contribution in [0.15, 0.2) is 48.5 Å². The van der Waals surface area contributed by atoms with Gasteiger partial charge < -0.3 is 4.74 Å². The lowest BCUT2D eigenvalue weighted by molar-refractivity contribution is 0.400. The third-order valence-corrected chi connectivity index (χ3v) is 7.90. The third kappa shape index (κ3) is 4.10. The summed E-state index contributed by atoms with van der Waals surface area (Å²) in [4.78, 5) is 5.27. The Hall–Kier alpha value is -3.26. The summed E-state index contributed by atoms with van der Waals surface area (Å²) in [6.45, 7) is 16.0. The molecule has 0 saturated carbocycles. The van der Waals surface area contributed by atoms with Crippen LogP contribution >= 0.6 is 0 Å². The van der Waals surface area contributed by atoms with E-state index in [4.69, 9.17) is 9.72 Å². The number of hydrogen-bond acceptors (Lipinski definition) is 2. The van der Waals surface area contributed by atoms with Crippen molar-refractivity contribution in [2.24, 2.45) is 10.8 Å². The van der Waals surface area contributed by atoms with E-state index < -0.39 is 0 Å². The SMILES string of the molecule is Bc1nc2c3c(cc4cccc(CC(C)(C)C)c4c3c1B)Oc1c-2cc2cc(C)ccc2c1CC(C)(C)C. The number of hydrogen-bond donors (Lipinski definition) is 0. The molecular formula is C34H37B2NO. The van der Waals surface area contributed by atoms with E-state index in [0.29, 0.717) is 0 Å². The highest BCUT2D eigenvalue weighted by atomic mass is 16.5. The Kier molecular flexibility index (Phi) is 5.51. The Morgan fingerprint density at radius 2 is 1.53 bits per heavy atom. The van der Waals surface area contributed by atoms with Crippen molar-refractivity contribution in [3.05, 3.63) is 65.2 Å². The van der Waals surface area contributed by atoms with Crippen LogP contribution in [0.25, 0.3) is 43.6 Å². The van der Waals surface area contributed by atoms with E-state index >= 15 is 0 Å². The highest BCUT2D eigenvalue weighted by molar-refractivity contribution is 6.54. The number of rotatable bonds is 2. The largest absolute Gasteiger partial charge is 0.456 e. The molecule has 4 aromatic carbocycles. The fourth-order valence-electron chi connectivity index (χ4n) is 6.29. The fraction of sp³-hybridized carbons (Fsp3) is 0.324. The zero-order valence-electron chi connectivity index (χ0n) is 24.4. The van der Waals surface area contributed by atoms with Gasteiger partial charge in [-0.15, -0.1) is 0 Å². The van der Waals surface area contributed by atoms with Crippen molar-refractivity contribution in [2.45, 2.75) is 61.3 Å². The second-order valence-corrected chi connectivity index (χ2v) is 13.8. The lowest BCUT2D eigenvalue weighted by Gasteiger charge is -2.29. The quantitative estimate of drug-likeness (QED) is 0.207. The summed E-state index contributed by atoms with van der Waals surface area (Å²) in [5.41, 5.74) is 8.78. The molecule has 6 rings (SSSR count). The molecule has 1 aliphatic heterocycles. The van der Waals surface area contributed by atoms with Crippen LogP contribution in [0.1, 0.15) is 58.2 Å². The summed E-state index contributed by atoms with van der Waals surface area (Å²) in [6.07, 6.45) is 1.95. The van der Waals surface area contributed by atoms with Crippen molar-refractivity contribution in [3.63, 3.8) is 0 Å². The average Bonchev–Trinajstić information content (AvgIpc) is 2.80. The van der Waals surface area contributed by atoms with E-state index in [9.17, 15) is 0 Å². The fourth-order valence-corrected chi connectivity index (χ4v) is 6.29. The summed E-state index contributed by atoms with van der Waals surface area (Å²) >= 11 is 0. The molecule has 38 heavy (non-hydrogen) atoms. The molecule has 0 radical (unpaired) electrons. The maximum absolute atomic E-state index is 6.97. The van der Waals surface area contributed by atoms with Crippen LogP contribution in [0, 0.1) is 17.8 Å². The molecule has 0 amide bonds. The summed E-state index contributed by atoms with van der Waals surface area (Å²) in [5.74, 6) is 1.91. The molecule has 5 aromatic rings. The third-order valence-electron chi connectivity index (χ3n) is 7.90. The van der Waals surface area contributed by atoms with Crippen molar-refractivity contribution < 1.29 is 4.74 Å². The average molecular weight is 497 g/mol. The van der Waals surface area contributed by atoms with Gasteiger partial charge in [-0.25, -0.2) is 0 Å². The van der Waals surface area contributed by atoms with Gasteiger partial charge in [0.1, 0.15) is 19.3 Å². The lowest BCUT2D eigenvalue weighted by Crippen LogP contribution is -2.31. The van der Waals surface area contributed by atoms with Crippen LogP contribution in [0.3, 0.4) is 0 Å². The minimum atomic E-state index is 0.119. The predicted molar refractivity (Wildman–Crippen MR) is 170 cm³/mol. The van der Waals surface area contributed by atoms with Crippen molar-refractivity contribution in [1.82, 2.24) is 4.98 Å². The Morgan fingerprint density at radius 1 is 0.789 bits per heavy atom. The molecule has 0 atom stereocenters. The van der Waals surface area contributed by atoms with Crippen LogP contribution in [-0.4, -0.2) is 20.7 Å². The number of aromatic nitrogens is 1. The van der Waals surface area contributed by atoms with Gasteiger partial charge >= 0.3 is 0 Å². The molecule has 190 valence electrons. The second kappa shape index (κ2) is 8.37. The van der Waals surface area contributed by atoms with E-state index in [1.54, 1.807) is 0 Å². The Labute approximate surface area is 228 Å². The smallest absolute Gasteiger partial charge is 0.163 e. The van der Waals surface area contributed by atoms with Crippen molar-refractivity contribution in [1.29, 1.82) is 0 Å². The van der Waals surface area contributed by atoms with E-state index in [0.717, 1.165) is 46.6 Å². The maximum Gasteiger partial charge on any atom is 0.163 e. The van der Waals surface area contributed by atoms with E-state index in [1.165, 1.54) is 49.1 Å². The first kappa shape index (κ1) is 25.0. The van der Waals surface area contributed by atoms with Gasteiger partial charge in [0.05, 0.1) is 11.1 Å². The molecule has 0 unspecified atom stereocenters. The molecule has 1 aromatic heterocycles. The predicted octanol–water partition coefficient (Wildman–Crippen LogP) is 6.32. The number of pyridine rings is 1. The van der Waals surface area contributed by atoms with Gasteiger partial charge in [0.25, 0.3) is 0 Å². The molecule has 0 N–H and O–H groups in total. The Bertz CT molecular complexity index is 1790. The van der Waals surface area contributed by atoms with Gasteiger partial charge in [0.2, 0.25) is 0 Å². The van der Waals surface area contributed by atoms with Crippen LogP contribution in [0.4, 0.5) is 0 Å². The monoisotopic (exact) mass is 497 g/mol. The maximum atomic E-state index is 6.97. The first-order chi connectivity index (χ1) is 17.8. The minimum absolute atomic E-state index is 0.119. The van der Waals surface area contributed by atoms with Gasteiger partial charge in [-0.2, -0.15) is 0 Å². The van der Waals surface area contributed by atoms with Gasteiger partial charge in [0, 0.05) is 11.1 Å². The van der Waals surface area contributed by atoms with E-state index in [1.807, 2.05) is 0 Å². The zero-order chi connectivity index (χ0) is 27.1. The van der Waals surface area contributed by atoms with Crippen LogP contribution < -0.4 is 15.8 Å². The number of aryl methyl sites for hydroxylation is 1. The topological polar surface area (TPSA) is 22.1 Å². The van der Waals surface area contributed by atoms with Crippen LogP contribution in [0.2, 0.25) is 0 Å². The molecule has 1 aliphatic rings. The van der Waals surface area contributed by atoms with Gasteiger partial charge in [-0.1, -0.05) is 89.0 Å². The lowest BCUT2D eigenvalue weighted by atomic mass is 9.76. The highest BCUT2D eigenvalue weighted by Crippen LogP contribution is 2.51. The van der Waals surface area contributed by atoms with Gasteiger partial charge in [-0.05, 0) is 80.8 Å². The van der Waals surface area contributed by atoms with Crippen LogP contribution in [0.5, 0.6) is 11.5 Å². The first-order valence-corrected chi connectivity index (χ1v) is 13.9. The Balaban J connectivity index is 1.77. The van der Waals surface area contributed by atoms with E-state index in [-0.39, 0.29) is 10.8 Å². The Morgan fingerprint density at radius 3 is 2.24 bits per heavy atom. The summed E-state index contributed by atoms with van der Waals surface area (Å²) < 4.78 is 6.97. The molecule has 0 bridgehead atoms. The minimum Gasteiger partial charge on any atom is -0.456 e. The number of fused-ring (bicyclic) bond motifs is 5. The standard InChI is InChI=1S/C34H37B2NO/c1-18-11-12-22-21(13-18)14-23-30-27-25(38-31(23)24(22)17-34(5,6)7)15-19-9-8-10-20(16-33(2,3)4)26(19)28(27)29(35)32(36)37-30/h8-15H,16-17,35-36H2,1-7H3. The molecule has 4 heteroatoms. The van der Waals surface area contributed by atoms with Crippen molar-refractivity contribution >= 4 is 59.1 Å². The molecule has 2 nitrogen and oxygen atoms in total. The molecular weight excluding hydrogens is 460 g/mol. The molecule has 0 aliphatic carbocycles. The molecule has 0 fully saturated rings. The summed E-state index contributed by atoms with van der Waals surface area (Å²) in [5, 5.41) is 7.59.